The Morgan fingerprint density at radius 1 is 1.27 bits per heavy atom. The average molecular weight is 159 g/mol. The van der Waals surface area contributed by atoms with Crippen LogP contribution < -0.4 is 0 Å². The molecular formula is C9H21NO. The van der Waals surface area contributed by atoms with Crippen LogP contribution >= 0.6 is 0 Å². The van der Waals surface area contributed by atoms with Crippen LogP contribution in [0.1, 0.15) is 34.1 Å². The predicted molar refractivity (Wildman–Crippen MR) is 48.7 cm³/mol. The number of aliphatic hydroxyl groups is 1. The molecule has 0 aromatic carbocycles. The molecule has 0 saturated heterocycles. The van der Waals surface area contributed by atoms with Gasteiger partial charge in [0.05, 0.1) is 6.10 Å². The minimum absolute atomic E-state index is 0.221. The van der Waals surface area contributed by atoms with Gasteiger partial charge in [0.1, 0.15) is 0 Å². The minimum atomic E-state index is -0.221. The number of nitrogens with zero attached hydrogens (tertiary/aromatic N) is 1. The Hall–Kier alpha value is -0.0800. The Bertz CT molecular complexity index is 93.6. The summed E-state index contributed by atoms with van der Waals surface area (Å²) in [5, 5.41) is 9.31. The molecule has 2 heteroatoms. The quantitative estimate of drug-likeness (QED) is 0.657. The Balaban J connectivity index is 3.81. The van der Waals surface area contributed by atoms with Crippen molar-refractivity contribution in [1.29, 1.82) is 0 Å². The summed E-state index contributed by atoms with van der Waals surface area (Å²) in [6, 6.07) is 0.292. The number of aliphatic hydroxyl groups excluding tert-OH is 1. The number of hydrogen-bond acceptors (Lipinski definition) is 2. The predicted octanol–water partition coefficient (Wildman–Crippen LogP) is 1.49. The van der Waals surface area contributed by atoms with E-state index in [4.69, 9.17) is 0 Å². The van der Waals surface area contributed by atoms with Crippen molar-refractivity contribution < 1.29 is 5.11 Å². The Morgan fingerprint density at radius 3 is 2.09 bits per heavy atom. The first-order valence-corrected chi connectivity index (χ1v) is 4.55. The monoisotopic (exact) mass is 159 g/mol. The van der Waals surface area contributed by atoms with Crippen molar-refractivity contribution in [3.8, 4) is 0 Å². The molecule has 0 aromatic rings. The molecular weight excluding hydrogens is 138 g/mol. The fourth-order valence-corrected chi connectivity index (χ4v) is 1.24. The second-order valence-electron chi connectivity index (χ2n) is 3.11. The van der Waals surface area contributed by atoms with Crippen LogP contribution in [0.4, 0.5) is 0 Å². The fourth-order valence-electron chi connectivity index (χ4n) is 1.24. The van der Waals surface area contributed by atoms with Gasteiger partial charge in [-0.2, -0.15) is 0 Å². The zero-order valence-corrected chi connectivity index (χ0v) is 8.17. The van der Waals surface area contributed by atoms with Gasteiger partial charge in [0, 0.05) is 6.04 Å². The highest BCUT2D eigenvalue weighted by Crippen LogP contribution is 2.03. The lowest BCUT2D eigenvalue weighted by molar-refractivity contribution is 0.0740. The molecule has 11 heavy (non-hydrogen) atoms. The highest BCUT2D eigenvalue weighted by atomic mass is 16.3. The summed E-state index contributed by atoms with van der Waals surface area (Å²) in [5.41, 5.74) is 0. The Labute approximate surface area is 70.2 Å². The van der Waals surface area contributed by atoms with Crippen LogP contribution in [-0.2, 0) is 0 Å². The molecule has 0 radical (unpaired) electrons. The molecule has 0 bridgehead atoms. The van der Waals surface area contributed by atoms with Crippen molar-refractivity contribution in [1.82, 2.24) is 4.90 Å². The van der Waals surface area contributed by atoms with Gasteiger partial charge in [-0.1, -0.05) is 13.8 Å². The number of hydrogen-bond donors (Lipinski definition) is 1. The van der Waals surface area contributed by atoms with E-state index in [9.17, 15) is 5.11 Å². The zero-order chi connectivity index (χ0) is 8.85. The third kappa shape index (κ3) is 3.73. The van der Waals surface area contributed by atoms with E-state index in [-0.39, 0.29) is 6.10 Å². The van der Waals surface area contributed by atoms with E-state index in [1.54, 1.807) is 0 Å². The van der Waals surface area contributed by atoms with Crippen LogP contribution in [0.15, 0.2) is 0 Å². The molecule has 68 valence electrons. The molecule has 0 aliphatic rings. The first-order valence-electron chi connectivity index (χ1n) is 4.55. The van der Waals surface area contributed by atoms with Crippen LogP contribution in [0.25, 0.3) is 0 Å². The van der Waals surface area contributed by atoms with Crippen LogP contribution in [0.5, 0.6) is 0 Å². The van der Waals surface area contributed by atoms with E-state index in [1.807, 2.05) is 6.92 Å². The van der Waals surface area contributed by atoms with E-state index >= 15 is 0 Å². The SMILES string of the molecule is CCCN(CC)C(C)C(C)O. The summed E-state index contributed by atoms with van der Waals surface area (Å²) in [6.07, 6.45) is 0.937. The highest BCUT2D eigenvalue weighted by Gasteiger charge is 2.15. The van der Waals surface area contributed by atoms with Crippen molar-refractivity contribution in [2.24, 2.45) is 0 Å². The lowest BCUT2D eigenvalue weighted by Crippen LogP contribution is -2.40. The lowest BCUT2D eigenvalue weighted by Gasteiger charge is -2.29. The summed E-state index contributed by atoms with van der Waals surface area (Å²) >= 11 is 0. The standard InChI is InChI=1S/C9H21NO/c1-5-7-10(6-2)8(3)9(4)11/h8-9,11H,5-7H2,1-4H3. The van der Waals surface area contributed by atoms with Crippen LogP contribution in [0.2, 0.25) is 0 Å². The fraction of sp³-hybridized carbons (Fsp3) is 1.00. The van der Waals surface area contributed by atoms with Gasteiger partial charge in [0.25, 0.3) is 0 Å². The molecule has 2 unspecified atom stereocenters. The van der Waals surface area contributed by atoms with Gasteiger partial charge in [0.15, 0.2) is 0 Å². The van der Waals surface area contributed by atoms with Crippen molar-refractivity contribution >= 4 is 0 Å². The zero-order valence-electron chi connectivity index (χ0n) is 8.17. The van der Waals surface area contributed by atoms with Crippen molar-refractivity contribution in [3.63, 3.8) is 0 Å². The normalized spacial score (nSPS) is 16.9. The van der Waals surface area contributed by atoms with E-state index in [0.717, 1.165) is 19.5 Å². The molecule has 0 amide bonds. The van der Waals surface area contributed by atoms with Crippen LogP contribution in [0, 0.1) is 0 Å². The average Bonchev–Trinajstić information content (AvgIpc) is 1.98. The summed E-state index contributed by atoms with van der Waals surface area (Å²) in [4.78, 5) is 2.30. The van der Waals surface area contributed by atoms with E-state index in [1.165, 1.54) is 0 Å². The van der Waals surface area contributed by atoms with Gasteiger partial charge in [-0.05, 0) is 33.4 Å². The summed E-state index contributed by atoms with van der Waals surface area (Å²) < 4.78 is 0. The Morgan fingerprint density at radius 2 is 1.82 bits per heavy atom. The van der Waals surface area contributed by atoms with Gasteiger partial charge in [-0.25, -0.2) is 0 Å². The molecule has 0 saturated carbocycles. The third-order valence-corrected chi connectivity index (χ3v) is 2.19. The number of rotatable bonds is 5. The van der Waals surface area contributed by atoms with Crippen LogP contribution in [0.3, 0.4) is 0 Å². The van der Waals surface area contributed by atoms with E-state index in [2.05, 4.69) is 25.7 Å². The van der Waals surface area contributed by atoms with Crippen molar-refractivity contribution in [3.05, 3.63) is 0 Å². The van der Waals surface area contributed by atoms with Crippen molar-refractivity contribution in [2.45, 2.75) is 46.3 Å². The summed E-state index contributed by atoms with van der Waals surface area (Å²) in [7, 11) is 0. The minimum Gasteiger partial charge on any atom is -0.392 e. The van der Waals surface area contributed by atoms with Crippen LogP contribution in [-0.4, -0.2) is 35.2 Å². The maximum atomic E-state index is 9.31. The molecule has 2 nitrogen and oxygen atoms in total. The van der Waals surface area contributed by atoms with Gasteiger partial charge in [0.2, 0.25) is 0 Å². The summed E-state index contributed by atoms with van der Waals surface area (Å²) in [5.74, 6) is 0. The number of likely N-dealkylation sites (N-methyl/N-ethyl adjacent to an activating group) is 1. The molecule has 0 heterocycles. The smallest absolute Gasteiger partial charge is 0.0664 e. The largest absolute Gasteiger partial charge is 0.392 e. The third-order valence-electron chi connectivity index (χ3n) is 2.19. The van der Waals surface area contributed by atoms with Gasteiger partial charge >= 0.3 is 0 Å². The lowest BCUT2D eigenvalue weighted by atomic mass is 10.2. The second-order valence-corrected chi connectivity index (χ2v) is 3.11. The van der Waals surface area contributed by atoms with Gasteiger partial charge in [-0.3, -0.25) is 4.90 Å². The molecule has 2 atom stereocenters. The molecule has 0 aliphatic carbocycles. The maximum Gasteiger partial charge on any atom is 0.0664 e. The second kappa shape index (κ2) is 5.56. The first kappa shape index (κ1) is 10.9. The highest BCUT2D eigenvalue weighted by molar-refractivity contribution is 4.69. The van der Waals surface area contributed by atoms with E-state index < -0.39 is 0 Å². The molecule has 0 aromatic heterocycles. The molecule has 0 spiro atoms. The molecule has 0 fully saturated rings. The maximum absolute atomic E-state index is 9.31. The van der Waals surface area contributed by atoms with Gasteiger partial charge < -0.3 is 5.11 Å². The summed E-state index contributed by atoms with van der Waals surface area (Å²) in [6.45, 7) is 10.3. The van der Waals surface area contributed by atoms with Gasteiger partial charge in [-0.15, -0.1) is 0 Å². The van der Waals surface area contributed by atoms with E-state index in [0.29, 0.717) is 6.04 Å². The van der Waals surface area contributed by atoms with Crippen molar-refractivity contribution in [2.75, 3.05) is 13.1 Å². The molecule has 1 N–H and O–H groups in total. The molecule has 0 aliphatic heterocycles. The first-order chi connectivity index (χ1) is 5.13. The Kier molecular flexibility index (Phi) is 5.51. The molecule has 0 rings (SSSR count). The topological polar surface area (TPSA) is 23.5 Å².